The van der Waals surface area contributed by atoms with Gasteiger partial charge in [0.15, 0.2) is 0 Å². The van der Waals surface area contributed by atoms with Crippen LogP contribution in [0.4, 0.5) is 8.78 Å². The quantitative estimate of drug-likeness (QED) is 0.738. The molecule has 0 unspecified atom stereocenters. The molecule has 1 aromatic rings. The summed E-state index contributed by atoms with van der Waals surface area (Å²) in [4.78, 5) is 0. The van der Waals surface area contributed by atoms with Crippen LogP contribution in [0.2, 0.25) is 5.02 Å². The minimum absolute atomic E-state index is 0.150. The first-order chi connectivity index (χ1) is 6.02. The van der Waals surface area contributed by atoms with Crippen LogP contribution >= 0.6 is 11.6 Å². The molecule has 1 nitrogen and oxygen atoms in total. The van der Waals surface area contributed by atoms with Gasteiger partial charge in [-0.15, -0.1) is 0 Å². The van der Waals surface area contributed by atoms with Gasteiger partial charge in [-0.3, -0.25) is 0 Å². The fraction of sp³-hybridized carbons (Fsp3) is 0.333. The van der Waals surface area contributed by atoms with E-state index in [1.165, 1.54) is 0 Å². The van der Waals surface area contributed by atoms with Gasteiger partial charge in [0.25, 0.3) is 0 Å². The third-order valence-corrected chi connectivity index (χ3v) is 2.07. The first-order valence-electron chi connectivity index (χ1n) is 3.90. The average Bonchev–Trinajstić information content (AvgIpc) is 2.05. The largest absolute Gasteiger partial charge is 0.328 e. The summed E-state index contributed by atoms with van der Waals surface area (Å²) in [6.07, 6.45) is 0.239. The number of hydrogen-bond donors (Lipinski definition) is 1. The molecule has 0 heterocycles. The third-order valence-electron chi connectivity index (χ3n) is 1.67. The fourth-order valence-corrected chi connectivity index (χ4v) is 1.31. The van der Waals surface area contributed by atoms with E-state index in [0.717, 1.165) is 12.1 Å². The highest BCUT2D eigenvalue weighted by Crippen LogP contribution is 2.23. The zero-order valence-corrected chi connectivity index (χ0v) is 7.91. The van der Waals surface area contributed by atoms with Gasteiger partial charge in [0, 0.05) is 11.6 Å². The average molecular weight is 206 g/mol. The van der Waals surface area contributed by atoms with Crippen LogP contribution in [0.1, 0.15) is 12.5 Å². The fourth-order valence-electron chi connectivity index (χ4n) is 1.08. The van der Waals surface area contributed by atoms with Crippen LogP contribution in [0.3, 0.4) is 0 Å². The van der Waals surface area contributed by atoms with Crippen molar-refractivity contribution in [3.63, 3.8) is 0 Å². The molecule has 0 saturated carbocycles. The van der Waals surface area contributed by atoms with E-state index in [0.29, 0.717) is 0 Å². The molecule has 1 rings (SSSR count). The number of rotatable bonds is 2. The maximum Gasteiger partial charge on any atom is 0.142 e. The van der Waals surface area contributed by atoms with Gasteiger partial charge < -0.3 is 5.73 Å². The maximum absolute atomic E-state index is 13.1. The van der Waals surface area contributed by atoms with Crippen LogP contribution in [0.5, 0.6) is 0 Å². The van der Waals surface area contributed by atoms with Gasteiger partial charge in [-0.25, -0.2) is 8.78 Å². The molecule has 0 spiro atoms. The molecule has 0 saturated heterocycles. The smallest absolute Gasteiger partial charge is 0.142 e. The summed E-state index contributed by atoms with van der Waals surface area (Å²) in [5, 5.41) is -0.169. The highest BCUT2D eigenvalue weighted by Gasteiger charge is 2.12. The Balaban J connectivity index is 3.10. The molecular weight excluding hydrogens is 196 g/mol. The van der Waals surface area contributed by atoms with E-state index >= 15 is 0 Å². The summed E-state index contributed by atoms with van der Waals surface area (Å²) >= 11 is 5.57. The number of benzene rings is 1. The molecule has 2 N–H and O–H groups in total. The van der Waals surface area contributed by atoms with Gasteiger partial charge in [-0.2, -0.15) is 0 Å². The monoisotopic (exact) mass is 205 g/mol. The van der Waals surface area contributed by atoms with Crippen LogP contribution in [0.15, 0.2) is 12.1 Å². The van der Waals surface area contributed by atoms with Crippen LogP contribution in [-0.2, 0) is 6.42 Å². The minimum Gasteiger partial charge on any atom is -0.328 e. The molecule has 0 bridgehead atoms. The molecule has 72 valence electrons. The Morgan fingerprint density at radius 2 is 1.92 bits per heavy atom. The Morgan fingerprint density at radius 1 is 1.38 bits per heavy atom. The lowest BCUT2D eigenvalue weighted by Crippen LogP contribution is -2.19. The Hall–Kier alpha value is -0.670. The number of nitrogens with two attached hydrogens (primary N) is 1. The molecule has 13 heavy (non-hydrogen) atoms. The molecule has 0 aliphatic heterocycles. The number of hydrogen-bond acceptors (Lipinski definition) is 1. The Labute approximate surface area is 80.5 Å². The van der Waals surface area contributed by atoms with E-state index in [9.17, 15) is 8.78 Å². The summed E-state index contributed by atoms with van der Waals surface area (Å²) < 4.78 is 26.0. The summed E-state index contributed by atoms with van der Waals surface area (Å²) in [5.74, 6) is -1.12. The van der Waals surface area contributed by atoms with Crippen LogP contribution < -0.4 is 5.73 Å². The minimum atomic E-state index is -0.612. The normalized spacial score (nSPS) is 13.0. The predicted molar refractivity (Wildman–Crippen MR) is 48.7 cm³/mol. The Kier molecular flexibility index (Phi) is 3.22. The molecule has 0 aliphatic carbocycles. The van der Waals surface area contributed by atoms with Gasteiger partial charge >= 0.3 is 0 Å². The van der Waals surface area contributed by atoms with E-state index in [-0.39, 0.29) is 23.0 Å². The predicted octanol–water partition coefficient (Wildman–Crippen LogP) is 2.51. The van der Waals surface area contributed by atoms with E-state index in [1.54, 1.807) is 6.92 Å². The van der Waals surface area contributed by atoms with Crippen molar-refractivity contribution < 1.29 is 8.78 Å². The van der Waals surface area contributed by atoms with Crippen molar-refractivity contribution >= 4 is 11.6 Å². The SMILES string of the molecule is C[C@@H](N)Cc1c(F)ccc(F)c1Cl. The van der Waals surface area contributed by atoms with Crippen molar-refractivity contribution in [2.24, 2.45) is 5.73 Å². The molecular formula is C9H10ClF2N. The zero-order chi connectivity index (χ0) is 10.0. The highest BCUT2D eigenvalue weighted by molar-refractivity contribution is 6.31. The highest BCUT2D eigenvalue weighted by atomic mass is 35.5. The zero-order valence-electron chi connectivity index (χ0n) is 7.15. The second-order valence-electron chi connectivity index (χ2n) is 3.00. The maximum atomic E-state index is 13.1. The van der Waals surface area contributed by atoms with Gasteiger partial charge in [0.2, 0.25) is 0 Å². The Morgan fingerprint density at radius 3 is 2.46 bits per heavy atom. The van der Waals surface area contributed by atoms with Gasteiger partial charge in [-0.05, 0) is 25.5 Å². The molecule has 0 radical (unpaired) electrons. The van der Waals surface area contributed by atoms with Crippen LogP contribution in [-0.4, -0.2) is 6.04 Å². The number of halogens is 3. The van der Waals surface area contributed by atoms with Gasteiger partial charge in [0.1, 0.15) is 11.6 Å². The first-order valence-corrected chi connectivity index (χ1v) is 4.28. The van der Waals surface area contributed by atoms with Gasteiger partial charge in [-0.1, -0.05) is 11.6 Å². The van der Waals surface area contributed by atoms with Crippen molar-refractivity contribution in [2.75, 3.05) is 0 Å². The molecule has 0 amide bonds. The Bertz CT molecular complexity index is 313. The van der Waals surface area contributed by atoms with Crippen molar-refractivity contribution in [1.82, 2.24) is 0 Å². The lowest BCUT2D eigenvalue weighted by molar-refractivity contribution is 0.575. The van der Waals surface area contributed by atoms with Crippen LogP contribution in [0, 0.1) is 11.6 Å². The topological polar surface area (TPSA) is 26.0 Å². The third kappa shape index (κ3) is 2.39. The van der Waals surface area contributed by atoms with Crippen molar-refractivity contribution in [3.05, 3.63) is 34.4 Å². The molecule has 0 fully saturated rings. The second-order valence-corrected chi connectivity index (χ2v) is 3.38. The van der Waals surface area contributed by atoms with E-state index in [4.69, 9.17) is 17.3 Å². The van der Waals surface area contributed by atoms with Crippen molar-refractivity contribution in [2.45, 2.75) is 19.4 Å². The lowest BCUT2D eigenvalue weighted by Gasteiger charge is -2.08. The molecule has 1 atom stereocenters. The molecule has 0 aromatic heterocycles. The summed E-state index contributed by atoms with van der Waals surface area (Å²) in [7, 11) is 0. The van der Waals surface area contributed by atoms with E-state index in [1.807, 2.05) is 0 Å². The van der Waals surface area contributed by atoms with Crippen molar-refractivity contribution in [3.8, 4) is 0 Å². The van der Waals surface area contributed by atoms with E-state index < -0.39 is 11.6 Å². The summed E-state index contributed by atoms with van der Waals surface area (Å²) in [6.45, 7) is 1.71. The summed E-state index contributed by atoms with van der Waals surface area (Å²) in [6, 6.07) is 1.81. The second kappa shape index (κ2) is 4.03. The molecule has 1 aromatic carbocycles. The summed E-state index contributed by atoms with van der Waals surface area (Å²) in [5.41, 5.74) is 5.61. The van der Waals surface area contributed by atoms with Crippen LogP contribution in [0.25, 0.3) is 0 Å². The van der Waals surface area contributed by atoms with Crippen molar-refractivity contribution in [1.29, 1.82) is 0 Å². The molecule has 4 heteroatoms. The van der Waals surface area contributed by atoms with E-state index in [2.05, 4.69) is 0 Å². The lowest BCUT2D eigenvalue weighted by atomic mass is 10.1. The first kappa shape index (κ1) is 10.4. The van der Waals surface area contributed by atoms with Gasteiger partial charge in [0.05, 0.1) is 5.02 Å². The molecule has 0 aliphatic rings. The standard InChI is InChI=1S/C9H10ClF2N/c1-5(13)4-6-7(11)2-3-8(12)9(6)10/h2-3,5H,4,13H2,1H3/t5-/m1/s1.